The van der Waals surface area contributed by atoms with Crippen molar-refractivity contribution in [2.24, 2.45) is 5.92 Å². The van der Waals surface area contributed by atoms with Gasteiger partial charge >= 0.3 is 0 Å². The van der Waals surface area contributed by atoms with Crippen LogP contribution in [-0.4, -0.2) is 45.6 Å². The molecule has 8 heteroatoms. The van der Waals surface area contributed by atoms with E-state index >= 15 is 0 Å². The van der Waals surface area contributed by atoms with E-state index in [-0.39, 0.29) is 29.6 Å². The number of amides is 2. The van der Waals surface area contributed by atoms with Gasteiger partial charge in [0, 0.05) is 30.4 Å². The van der Waals surface area contributed by atoms with Gasteiger partial charge in [0.15, 0.2) is 0 Å². The molecule has 2 amide bonds. The molecular weight excluding hydrogens is 451 g/mol. The van der Waals surface area contributed by atoms with Gasteiger partial charge < -0.3 is 10.2 Å². The lowest BCUT2D eigenvalue weighted by molar-refractivity contribution is -0.126. The van der Waals surface area contributed by atoms with Crippen LogP contribution in [0.3, 0.4) is 0 Å². The van der Waals surface area contributed by atoms with Crippen molar-refractivity contribution in [3.05, 3.63) is 52.3 Å². The lowest BCUT2D eigenvalue weighted by Crippen LogP contribution is -2.48. The Hall–Kier alpha value is -2.74. The van der Waals surface area contributed by atoms with Gasteiger partial charge in [-0.3, -0.25) is 14.3 Å². The van der Waals surface area contributed by atoms with Crippen LogP contribution in [0.5, 0.6) is 0 Å². The number of carbonyl (C=O) groups excluding carboxylic acids is 2. The summed E-state index contributed by atoms with van der Waals surface area (Å²) < 4.78 is 15.1. The van der Waals surface area contributed by atoms with Crippen molar-refractivity contribution in [1.82, 2.24) is 20.0 Å². The van der Waals surface area contributed by atoms with Crippen LogP contribution < -0.4 is 5.32 Å². The molecule has 3 aromatic rings. The monoisotopic (exact) mass is 482 g/mol. The van der Waals surface area contributed by atoms with Gasteiger partial charge in [0.25, 0.3) is 5.91 Å². The molecule has 1 saturated heterocycles. The number of thiophene rings is 1. The molecule has 5 rings (SSSR count). The highest BCUT2D eigenvalue weighted by molar-refractivity contribution is 7.20. The molecule has 1 aliphatic heterocycles. The zero-order chi connectivity index (χ0) is 23.7. The molecule has 1 saturated carbocycles. The zero-order valence-corrected chi connectivity index (χ0v) is 20.4. The fourth-order valence-electron chi connectivity index (χ4n) is 5.15. The first kappa shape index (κ1) is 23.0. The molecule has 0 bridgehead atoms. The van der Waals surface area contributed by atoms with E-state index in [1.807, 2.05) is 22.6 Å². The molecule has 2 aliphatic rings. The summed E-state index contributed by atoms with van der Waals surface area (Å²) in [5.74, 6) is 0.165. The zero-order valence-electron chi connectivity index (χ0n) is 19.6. The number of carbonyl (C=O) groups is 2. The minimum Gasteiger partial charge on any atom is -0.353 e. The molecule has 1 aliphatic carbocycles. The van der Waals surface area contributed by atoms with E-state index in [9.17, 15) is 14.0 Å². The van der Waals surface area contributed by atoms with Gasteiger partial charge in [-0.15, -0.1) is 11.3 Å². The Balaban J connectivity index is 1.22. The third-order valence-corrected chi connectivity index (χ3v) is 8.30. The van der Waals surface area contributed by atoms with Gasteiger partial charge in [-0.2, -0.15) is 5.10 Å². The predicted octanol–water partition coefficient (Wildman–Crippen LogP) is 4.89. The molecule has 1 aromatic carbocycles. The molecule has 6 nitrogen and oxygen atoms in total. The van der Waals surface area contributed by atoms with E-state index in [4.69, 9.17) is 0 Å². The van der Waals surface area contributed by atoms with Crippen LogP contribution in [0.2, 0.25) is 0 Å². The molecule has 3 heterocycles. The van der Waals surface area contributed by atoms with E-state index in [2.05, 4.69) is 10.4 Å². The van der Waals surface area contributed by atoms with Crippen molar-refractivity contribution in [3.63, 3.8) is 0 Å². The lowest BCUT2D eigenvalue weighted by Gasteiger charge is -2.33. The van der Waals surface area contributed by atoms with E-state index in [0.29, 0.717) is 24.5 Å². The summed E-state index contributed by atoms with van der Waals surface area (Å²) in [5.41, 5.74) is 1.85. The second-order valence-corrected chi connectivity index (χ2v) is 10.6. The largest absolute Gasteiger partial charge is 0.353 e. The summed E-state index contributed by atoms with van der Waals surface area (Å²) in [7, 11) is 0. The first-order valence-electron chi connectivity index (χ1n) is 12.3. The topological polar surface area (TPSA) is 67.2 Å². The first-order valence-corrected chi connectivity index (χ1v) is 13.1. The lowest BCUT2D eigenvalue weighted by atomic mass is 9.88. The number of rotatable bonds is 5. The number of nitrogens with zero attached hydrogens (tertiary/aromatic N) is 3. The van der Waals surface area contributed by atoms with Crippen molar-refractivity contribution >= 4 is 33.4 Å². The molecule has 180 valence electrons. The van der Waals surface area contributed by atoms with E-state index in [0.717, 1.165) is 60.0 Å². The molecule has 0 spiro atoms. The standard InChI is InChI=1S/C26H31FN4O2S/c1-17-22-15-23(34-26(22)31(29-17)16-18-7-9-20(27)10-8-18)25(33)30-13-11-21(12-14-30)28-24(32)19-5-3-2-4-6-19/h7-10,15,19,21H,2-6,11-14,16H2,1H3,(H,28,32). The van der Waals surface area contributed by atoms with Crippen LogP contribution in [0, 0.1) is 18.7 Å². The van der Waals surface area contributed by atoms with Crippen molar-refractivity contribution in [2.45, 2.75) is 64.5 Å². The molecule has 0 unspecified atom stereocenters. The Kier molecular flexibility index (Phi) is 6.68. The Bertz CT molecular complexity index is 1170. The van der Waals surface area contributed by atoms with Gasteiger partial charge in [0.1, 0.15) is 10.6 Å². The number of piperidine rings is 1. The van der Waals surface area contributed by atoms with Crippen LogP contribution in [0.1, 0.15) is 65.9 Å². The smallest absolute Gasteiger partial charge is 0.264 e. The highest BCUT2D eigenvalue weighted by atomic mass is 32.1. The molecule has 0 atom stereocenters. The summed E-state index contributed by atoms with van der Waals surface area (Å²) in [6, 6.07) is 8.53. The number of hydrogen-bond donors (Lipinski definition) is 1. The molecular formula is C26H31FN4O2S. The summed E-state index contributed by atoms with van der Waals surface area (Å²) in [4.78, 5) is 29.4. The summed E-state index contributed by atoms with van der Waals surface area (Å²) in [5, 5.41) is 8.85. The van der Waals surface area contributed by atoms with Crippen LogP contribution in [0.15, 0.2) is 30.3 Å². The van der Waals surface area contributed by atoms with Gasteiger partial charge in [-0.1, -0.05) is 31.4 Å². The maximum Gasteiger partial charge on any atom is 0.264 e. The highest BCUT2D eigenvalue weighted by Crippen LogP contribution is 2.30. The molecule has 2 aromatic heterocycles. The van der Waals surface area contributed by atoms with Crippen LogP contribution in [-0.2, 0) is 11.3 Å². The number of halogens is 1. The van der Waals surface area contributed by atoms with Crippen LogP contribution in [0.25, 0.3) is 10.2 Å². The van der Waals surface area contributed by atoms with Crippen molar-refractivity contribution in [3.8, 4) is 0 Å². The first-order chi connectivity index (χ1) is 16.5. The SMILES string of the molecule is Cc1nn(Cc2ccc(F)cc2)c2sc(C(=O)N3CCC(NC(=O)C4CCCCC4)CC3)cc12. The van der Waals surface area contributed by atoms with Crippen LogP contribution in [0.4, 0.5) is 4.39 Å². The number of hydrogen-bond acceptors (Lipinski definition) is 4. The summed E-state index contributed by atoms with van der Waals surface area (Å²) in [6.45, 7) is 3.79. The minimum absolute atomic E-state index is 0.0472. The number of nitrogens with one attached hydrogen (secondary N) is 1. The van der Waals surface area contributed by atoms with Crippen LogP contribution >= 0.6 is 11.3 Å². The number of benzene rings is 1. The number of fused-ring (bicyclic) bond motifs is 1. The highest BCUT2D eigenvalue weighted by Gasteiger charge is 2.28. The Morgan fingerprint density at radius 2 is 1.79 bits per heavy atom. The van der Waals surface area contributed by atoms with Gasteiger partial charge in [0.2, 0.25) is 5.91 Å². The van der Waals surface area contributed by atoms with Gasteiger partial charge in [-0.25, -0.2) is 4.39 Å². The van der Waals surface area contributed by atoms with E-state index < -0.39 is 0 Å². The van der Waals surface area contributed by atoms with Crippen molar-refractivity contribution < 1.29 is 14.0 Å². The fraction of sp³-hybridized carbons (Fsp3) is 0.500. The normalized spacial score (nSPS) is 17.9. The Labute approximate surface area is 203 Å². The number of aromatic nitrogens is 2. The number of aryl methyl sites for hydroxylation is 1. The van der Waals surface area contributed by atoms with Crippen molar-refractivity contribution in [1.29, 1.82) is 0 Å². The minimum atomic E-state index is -0.258. The maximum atomic E-state index is 13.2. The maximum absolute atomic E-state index is 13.2. The average molecular weight is 483 g/mol. The molecule has 34 heavy (non-hydrogen) atoms. The third-order valence-electron chi connectivity index (χ3n) is 7.17. The summed E-state index contributed by atoms with van der Waals surface area (Å²) in [6.07, 6.45) is 7.16. The predicted molar refractivity (Wildman–Crippen MR) is 131 cm³/mol. The van der Waals surface area contributed by atoms with E-state index in [1.165, 1.54) is 29.9 Å². The van der Waals surface area contributed by atoms with Gasteiger partial charge in [-0.05, 0) is 56.4 Å². The second kappa shape index (κ2) is 9.86. The Morgan fingerprint density at radius 3 is 2.50 bits per heavy atom. The summed E-state index contributed by atoms with van der Waals surface area (Å²) >= 11 is 1.46. The third kappa shape index (κ3) is 4.87. The van der Waals surface area contributed by atoms with Gasteiger partial charge in [0.05, 0.1) is 17.1 Å². The molecule has 2 fully saturated rings. The number of likely N-dealkylation sites (tertiary alicyclic amines) is 1. The average Bonchev–Trinajstić information content (AvgIpc) is 3.42. The second-order valence-electron chi connectivity index (χ2n) is 9.61. The van der Waals surface area contributed by atoms with E-state index in [1.54, 1.807) is 12.1 Å². The quantitative estimate of drug-likeness (QED) is 0.563. The molecule has 0 radical (unpaired) electrons. The Morgan fingerprint density at radius 1 is 1.09 bits per heavy atom. The molecule has 1 N–H and O–H groups in total. The van der Waals surface area contributed by atoms with Crippen molar-refractivity contribution in [2.75, 3.05) is 13.1 Å². The fourth-order valence-corrected chi connectivity index (χ4v) is 6.28.